The first-order valence-corrected chi connectivity index (χ1v) is 8.85. The van der Waals surface area contributed by atoms with Crippen LogP contribution in [-0.4, -0.2) is 38.3 Å². The summed E-state index contributed by atoms with van der Waals surface area (Å²) < 4.78 is 16.0. The molecule has 0 unspecified atom stereocenters. The highest BCUT2D eigenvalue weighted by Gasteiger charge is 2.27. The van der Waals surface area contributed by atoms with Gasteiger partial charge in [-0.15, -0.1) is 4.73 Å². The molecule has 1 amide bonds. The van der Waals surface area contributed by atoms with Gasteiger partial charge in [-0.2, -0.15) is 0 Å². The number of carbonyl (C=O) groups is 1. The van der Waals surface area contributed by atoms with Crippen molar-refractivity contribution in [2.45, 2.75) is 20.3 Å². The van der Waals surface area contributed by atoms with Crippen LogP contribution >= 0.6 is 0 Å². The van der Waals surface area contributed by atoms with Crippen molar-refractivity contribution in [1.29, 1.82) is 0 Å². The van der Waals surface area contributed by atoms with Crippen LogP contribution in [0.4, 0.5) is 0 Å². The van der Waals surface area contributed by atoms with E-state index in [0.717, 1.165) is 0 Å². The largest absolute Gasteiger partial charge is 0.616 e. The maximum atomic E-state index is 12.4. The first-order chi connectivity index (χ1) is 13.4. The van der Waals surface area contributed by atoms with Gasteiger partial charge in [-0.05, 0) is 30.2 Å². The van der Waals surface area contributed by atoms with Crippen molar-refractivity contribution in [1.82, 2.24) is 10.3 Å². The van der Waals surface area contributed by atoms with E-state index in [0.29, 0.717) is 16.2 Å². The van der Waals surface area contributed by atoms with E-state index >= 15 is 0 Å². The van der Waals surface area contributed by atoms with E-state index in [4.69, 9.17) is 14.2 Å². The molecule has 0 bridgehead atoms. The Bertz CT molecular complexity index is 861. The second-order valence-corrected chi connectivity index (χ2v) is 6.46. The monoisotopic (exact) mass is 391 g/mol. The molecule has 0 radical (unpaired) electrons. The summed E-state index contributed by atoms with van der Waals surface area (Å²) in [5.74, 6) is 0.553. The Balaban J connectivity index is 2.02. The number of rotatable bonds is 9. The Morgan fingerprint density at radius 1 is 1.18 bits per heavy atom. The van der Waals surface area contributed by atoms with Crippen LogP contribution in [0.25, 0.3) is 0 Å². The third-order valence-electron chi connectivity index (χ3n) is 3.88. The van der Waals surface area contributed by atoms with Crippen LogP contribution in [-0.2, 0) is 6.42 Å². The number of nitrogens with zero attached hydrogens (tertiary/aromatic N) is 1. The molecule has 2 N–H and O–H groups in total. The van der Waals surface area contributed by atoms with Crippen molar-refractivity contribution >= 4 is 5.91 Å². The summed E-state index contributed by atoms with van der Waals surface area (Å²) in [6.07, 6.45) is 0.271. The zero-order valence-electron chi connectivity index (χ0n) is 16.4. The van der Waals surface area contributed by atoms with Crippen LogP contribution in [0.3, 0.4) is 0 Å². The first kappa shape index (κ1) is 21.1. The molecule has 28 heavy (non-hydrogen) atoms. The molecule has 0 saturated carbocycles. The molecule has 1 heterocycles. The van der Waals surface area contributed by atoms with Gasteiger partial charge in [0.25, 0.3) is 11.6 Å². The van der Waals surface area contributed by atoms with E-state index in [-0.39, 0.29) is 42.8 Å². The number of H-pyrrole nitrogens is 1. The lowest BCUT2D eigenvalue weighted by atomic mass is 10.1. The van der Waals surface area contributed by atoms with Gasteiger partial charge in [0, 0.05) is 6.42 Å². The van der Waals surface area contributed by atoms with Crippen LogP contribution in [0.5, 0.6) is 17.4 Å². The zero-order valence-corrected chi connectivity index (χ0v) is 16.4. The fourth-order valence-electron chi connectivity index (χ4n) is 2.55. The Morgan fingerprint density at radius 3 is 2.39 bits per heavy atom. The molecule has 2 aromatic rings. The van der Waals surface area contributed by atoms with Gasteiger partial charge >= 0.3 is 11.4 Å². The number of nitrogens with one attached hydrogen (secondary N) is 2. The first-order valence-electron chi connectivity index (χ1n) is 8.85. The minimum absolute atomic E-state index is 0.00578. The fraction of sp³-hybridized carbons (Fsp3) is 0.421. The molecule has 0 aliphatic heterocycles. The normalized spacial score (nSPS) is 10.6. The van der Waals surface area contributed by atoms with Gasteiger partial charge in [-0.25, -0.2) is 0 Å². The van der Waals surface area contributed by atoms with Crippen molar-refractivity contribution in [3.63, 3.8) is 0 Å². The predicted molar refractivity (Wildman–Crippen MR) is 102 cm³/mol. The number of aromatic amines is 1. The highest BCUT2D eigenvalue weighted by atomic mass is 16.5. The average molecular weight is 391 g/mol. The Labute approximate surface area is 162 Å². The van der Waals surface area contributed by atoms with Crippen LogP contribution in [0, 0.1) is 11.1 Å². The molecule has 152 valence electrons. The maximum Gasteiger partial charge on any atom is 0.409 e. The van der Waals surface area contributed by atoms with E-state index in [1.807, 2.05) is 13.8 Å². The lowest BCUT2D eigenvalue weighted by molar-refractivity contribution is -0.622. The summed E-state index contributed by atoms with van der Waals surface area (Å²) in [6, 6.07) is 7.01. The van der Waals surface area contributed by atoms with E-state index in [1.165, 1.54) is 7.11 Å². The van der Waals surface area contributed by atoms with Gasteiger partial charge in [0.15, 0.2) is 0 Å². The number of hydrogen-bond donors (Lipinski definition) is 2. The highest BCUT2D eigenvalue weighted by molar-refractivity contribution is 5.93. The number of ether oxygens (including phenoxy) is 3. The number of amides is 1. The summed E-state index contributed by atoms with van der Waals surface area (Å²) >= 11 is 0. The summed E-state index contributed by atoms with van der Waals surface area (Å²) in [4.78, 5) is 27.0. The van der Waals surface area contributed by atoms with Gasteiger partial charge in [0.2, 0.25) is 5.69 Å². The topological polar surface area (TPSA) is 117 Å². The summed E-state index contributed by atoms with van der Waals surface area (Å²) in [5.41, 5.74) is -0.824. The highest BCUT2D eigenvalue weighted by Crippen LogP contribution is 2.16. The molecular formula is C19H25N3O6. The number of hydrogen-bond acceptors (Lipinski definition) is 6. The molecule has 0 fully saturated rings. The lowest BCUT2D eigenvalue weighted by Crippen LogP contribution is -2.45. The van der Waals surface area contributed by atoms with Crippen molar-refractivity contribution < 1.29 is 23.7 Å². The number of aromatic nitrogens is 2. The maximum absolute atomic E-state index is 12.4. The third kappa shape index (κ3) is 5.15. The third-order valence-corrected chi connectivity index (χ3v) is 3.88. The van der Waals surface area contributed by atoms with Gasteiger partial charge in [0.1, 0.15) is 18.1 Å². The number of benzene rings is 1. The molecule has 9 nitrogen and oxygen atoms in total. The van der Waals surface area contributed by atoms with E-state index in [2.05, 4.69) is 10.3 Å². The minimum Gasteiger partial charge on any atom is -0.616 e. The van der Waals surface area contributed by atoms with Crippen LogP contribution in [0.15, 0.2) is 29.1 Å². The summed E-state index contributed by atoms with van der Waals surface area (Å²) in [5, 5.41) is 15.0. The molecule has 0 atom stereocenters. The van der Waals surface area contributed by atoms with Gasteiger partial charge in [-0.3, -0.25) is 9.59 Å². The SMILES string of the molecule is COc1ccc(OCCNC(=O)c2[nH]c(=O)c(CC(C)C)[n+]([O-])c2OC)cc1. The second kappa shape index (κ2) is 9.63. The van der Waals surface area contributed by atoms with Gasteiger partial charge in [0.05, 0.1) is 20.8 Å². The molecule has 2 rings (SSSR count). The van der Waals surface area contributed by atoms with Crippen LogP contribution in [0.1, 0.15) is 30.0 Å². The molecule has 0 aliphatic carbocycles. The molecule has 1 aromatic heterocycles. The molecule has 0 aliphatic rings. The standard InChI is InChI=1S/C19H25N3O6/c1-12(2)11-15-17(23)21-16(19(27-4)22(15)25)18(24)20-9-10-28-14-7-5-13(26-3)6-8-14/h5-8,12H,9-11H2,1-4H3,(H,20,24)(H,21,23). The molecule has 9 heteroatoms. The summed E-state index contributed by atoms with van der Waals surface area (Å²) in [7, 11) is 2.84. The van der Waals surface area contributed by atoms with Crippen molar-refractivity contribution in [3.05, 3.63) is 51.2 Å². The number of methoxy groups -OCH3 is 2. The van der Waals surface area contributed by atoms with Crippen molar-refractivity contribution in [3.8, 4) is 17.4 Å². The molecular weight excluding hydrogens is 366 g/mol. The molecule has 0 saturated heterocycles. The Morgan fingerprint density at radius 2 is 1.82 bits per heavy atom. The Hall–Kier alpha value is -3.23. The second-order valence-electron chi connectivity index (χ2n) is 6.46. The predicted octanol–water partition coefficient (Wildman–Crippen LogP) is 1.03. The average Bonchev–Trinajstić information content (AvgIpc) is 2.68. The number of carbonyl (C=O) groups excluding carboxylic acids is 1. The van der Waals surface area contributed by atoms with Crippen molar-refractivity contribution in [2.75, 3.05) is 27.4 Å². The van der Waals surface area contributed by atoms with Crippen LogP contribution < -0.4 is 29.8 Å². The van der Waals surface area contributed by atoms with Crippen LogP contribution in [0.2, 0.25) is 0 Å². The molecule has 1 aromatic carbocycles. The van der Waals surface area contributed by atoms with E-state index in [9.17, 15) is 14.8 Å². The zero-order chi connectivity index (χ0) is 20.7. The van der Waals surface area contributed by atoms with Crippen molar-refractivity contribution in [2.24, 2.45) is 5.92 Å². The van der Waals surface area contributed by atoms with Gasteiger partial charge in [-0.1, -0.05) is 13.8 Å². The smallest absolute Gasteiger partial charge is 0.409 e. The van der Waals surface area contributed by atoms with E-state index < -0.39 is 11.5 Å². The quantitative estimate of drug-likeness (QED) is 0.375. The van der Waals surface area contributed by atoms with Gasteiger partial charge < -0.3 is 29.7 Å². The summed E-state index contributed by atoms with van der Waals surface area (Å²) in [6.45, 7) is 4.14. The van der Waals surface area contributed by atoms with E-state index in [1.54, 1.807) is 31.4 Å². The minimum atomic E-state index is -0.632. The lowest BCUT2D eigenvalue weighted by Gasteiger charge is -2.12. The Kier molecular flexibility index (Phi) is 7.25. The fourth-order valence-corrected chi connectivity index (χ4v) is 2.55. The molecule has 0 spiro atoms.